The quantitative estimate of drug-likeness (QED) is 0.360. The number of nitrogens with zero attached hydrogens (tertiary/aromatic N) is 4. The number of methoxy groups -OCH3 is 1. The van der Waals surface area contributed by atoms with Gasteiger partial charge in [-0.1, -0.05) is 20.8 Å². The largest absolute Gasteiger partial charge is 0.414 e. The summed E-state index contributed by atoms with van der Waals surface area (Å²) in [5, 5.41) is 17.1. The van der Waals surface area contributed by atoms with Gasteiger partial charge in [0.2, 0.25) is 0 Å². The highest BCUT2D eigenvalue weighted by molar-refractivity contribution is 6.74. The number of hydrogen-bond donors (Lipinski definition) is 0. The number of benzene rings is 1. The molecule has 1 aliphatic rings. The Balaban J connectivity index is 1.81. The second-order valence-corrected chi connectivity index (χ2v) is 14.3. The minimum atomic E-state index is -1.82. The second kappa shape index (κ2) is 8.64. The summed E-state index contributed by atoms with van der Waals surface area (Å²) in [5.74, 6) is 0. The van der Waals surface area contributed by atoms with Gasteiger partial charge in [0.25, 0.3) is 5.69 Å². The summed E-state index contributed by atoms with van der Waals surface area (Å²) in [6, 6.07) is 3.55. The third-order valence-corrected chi connectivity index (χ3v) is 11.0. The van der Waals surface area contributed by atoms with E-state index in [1.54, 1.807) is 19.4 Å². The molecule has 0 aliphatic carbocycles. The van der Waals surface area contributed by atoms with E-state index in [4.69, 9.17) is 9.16 Å². The standard InChI is InChI=1S/C21H34N4O4Si/c1-21(2,3)30(5,6)29-17-7-9-23(10-8-17)19-14-18-16(13-20(19)25(26)27)15-22-24(18)11-12-28-4/h13-15,17H,7-12H2,1-6H3. The van der Waals surface area contributed by atoms with Gasteiger partial charge in [-0.3, -0.25) is 14.8 Å². The van der Waals surface area contributed by atoms with Crippen LogP contribution in [-0.2, 0) is 15.7 Å². The van der Waals surface area contributed by atoms with Crippen LogP contribution in [0.2, 0.25) is 18.1 Å². The van der Waals surface area contributed by atoms with Crippen LogP contribution in [0.1, 0.15) is 33.6 Å². The van der Waals surface area contributed by atoms with Gasteiger partial charge in [-0.15, -0.1) is 0 Å². The van der Waals surface area contributed by atoms with Crippen LogP contribution in [0.4, 0.5) is 11.4 Å². The zero-order valence-electron chi connectivity index (χ0n) is 19.0. The van der Waals surface area contributed by atoms with Crippen molar-refractivity contribution in [2.45, 2.75) is 64.4 Å². The Kier molecular flexibility index (Phi) is 6.54. The number of fused-ring (bicyclic) bond motifs is 1. The fourth-order valence-corrected chi connectivity index (χ4v) is 5.09. The van der Waals surface area contributed by atoms with E-state index < -0.39 is 8.32 Å². The predicted octanol–water partition coefficient (Wildman–Crippen LogP) is 4.58. The topological polar surface area (TPSA) is 82.7 Å². The highest BCUT2D eigenvalue weighted by Gasteiger charge is 2.40. The number of rotatable bonds is 7. The molecule has 0 spiro atoms. The Morgan fingerprint density at radius 1 is 1.27 bits per heavy atom. The van der Waals surface area contributed by atoms with Crippen molar-refractivity contribution in [1.82, 2.24) is 9.78 Å². The van der Waals surface area contributed by atoms with E-state index in [0.717, 1.165) is 36.8 Å². The van der Waals surface area contributed by atoms with Crippen molar-refractivity contribution in [2.24, 2.45) is 0 Å². The van der Waals surface area contributed by atoms with Crippen molar-refractivity contribution in [2.75, 3.05) is 31.7 Å². The van der Waals surface area contributed by atoms with Crippen LogP contribution < -0.4 is 4.90 Å². The van der Waals surface area contributed by atoms with E-state index in [9.17, 15) is 10.1 Å². The monoisotopic (exact) mass is 434 g/mol. The van der Waals surface area contributed by atoms with Crippen LogP contribution in [0, 0.1) is 10.1 Å². The van der Waals surface area contributed by atoms with Crippen molar-refractivity contribution in [3.05, 3.63) is 28.4 Å². The van der Waals surface area contributed by atoms with Crippen molar-refractivity contribution in [3.8, 4) is 0 Å². The molecule has 0 saturated carbocycles. The van der Waals surface area contributed by atoms with Crippen molar-refractivity contribution >= 4 is 30.6 Å². The average molecular weight is 435 g/mol. The van der Waals surface area contributed by atoms with Gasteiger partial charge in [-0.25, -0.2) is 0 Å². The average Bonchev–Trinajstić information content (AvgIpc) is 3.06. The molecule has 2 heterocycles. The summed E-state index contributed by atoms with van der Waals surface area (Å²) in [5.41, 5.74) is 1.70. The van der Waals surface area contributed by atoms with E-state index in [1.807, 2.05) is 10.7 Å². The first-order valence-corrected chi connectivity index (χ1v) is 13.5. The number of nitro benzene ring substituents is 1. The number of hydrogen-bond acceptors (Lipinski definition) is 6. The van der Waals surface area contributed by atoms with Crippen LogP contribution in [0.15, 0.2) is 18.3 Å². The molecule has 0 amide bonds. The molecule has 0 unspecified atom stereocenters. The second-order valence-electron chi connectivity index (χ2n) is 9.58. The molecule has 1 aliphatic heterocycles. The van der Waals surface area contributed by atoms with Gasteiger partial charge in [0, 0.05) is 37.8 Å². The Bertz CT molecular complexity index is 898. The Morgan fingerprint density at radius 2 is 1.93 bits per heavy atom. The summed E-state index contributed by atoms with van der Waals surface area (Å²) in [6.07, 6.45) is 3.66. The SMILES string of the molecule is COCCn1ncc2cc([N+](=O)[O-])c(N3CCC(O[Si](C)(C)C(C)(C)C)CC3)cc21. The van der Waals surface area contributed by atoms with E-state index in [0.29, 0.717) is 18.8 Å². The Hall–Kier alpha value is -1.97. The van der Waals surface area contributed by atoms with Crippen LogP contribution in [0.3, 0.4) is 0 Å². The maximum Gasteiger partial charge on any atom is 0.293 e. The van der Waals surface area contributed by atoms with Crippen LogP contribution in [0.5, 0.6) is 0 Å². The van der Waals surface area contributed by atoms with Gasteiger partial charge >= 0.3 is 0 Å². The lowest BCUT2D eigenvalue weighted by Crippen LogP contribution is -2.47. The van der Waals surface area contributed by atoms with Crippen LogP contribution >= 0.6 is 0 Å². The number of nitro groups is 1. The summed E-state index contributed by atoms with van der Waals surface area (Å²) in [4.78, 5) is 13.6. The molecule has 3 rings (SSSR count). The van der Waals surface area contributed by atoms with Gasteiger partial charge in [0.05, 0.1) is 29.8 Å². The van der Waals surface area contributed by atoms with Crippen LogP contribution in [0.25, 0.3) is 10.9 Å². The van der Waals surface area contributed by atoms with E-state index >= 15 is 0 Å². The molecule has 9 heteroatoms. The highest BCUT2D eigenvalue weighted by Crippen LogP contribution is 2.39. The number of anilines is 1. The lowest BCUT2D eigenvalue weighted by atomic mass is 10.1. The summed E-state index contributed by atoms with van der Waals surface area (Å²) < 4.78 is 13.6. The Labute approximate surface area is 179 Å². The molecular formula is C21H34N4O4Si. The van der Waals surface area contributed by atoms with Crippen molar-refractivity contribution < 1.29 is 14.1 Å². The molecule has 166 valence electrons. The van der Waals surface area contributed by atoms with E-state index in [-0.39, 0.29) is 21.8 Å². The number of aromatic nitrogens is 2. The summed E-state index contributed by atoms with van der Waals surface area (Å²) in [6.45, 7) is 14.0. The third-order valence-electron chi connectivity index (χ3n) is 6.49. The molecule has 1 saturated heterocycles. The minimum absolute atomic E-state index is 0.137. The van der Waals surface area contributed by atoms with Gasteiger partial charge in [-0.05, 0) is 37.0 Å². The minimum Gasteiger partial charge on any atom is -0.414 e. The maximum atomic E-state index is 11.8. The predicted molar refractivity (Wildman–Crippen MR) is 122 cm³/mol. The van der Waals surface area contributed by atoms with Gasteiger partial charge in [0.15, 0.2) is 8.32 Å². The molecule has 0 bridgehead atoms. The lowest BCUT2D eigenvalue weighted by Gasteiger charge is -2.42. The normalized spacial score (nSPS) is 16.4. The zero-order valence-corrected chi connectivity index (χ0v) is 20.0. The number of piperidine rings is 1. The highest BCUT2D eigenvalue weighted by atomic mass is 28.4. The molecule has 0 N–H and O–H groups in total. The van der Waals surface area contributed by atoms with Gasteiger partial charge < -0.3 is 14.1 Å². The molecule has 0 radical (unpaired) electrons. The molecule has 0 atom stereocenters. The maximum absolute atomic E-state index is 11.8. The van der Waals surface area contributed by atoms with Gasteiger partial charge in [-0.2, -0.15) is 5.10 Å². The van der Waals surface area contributed by atoms with Crippen molar-refractivity contribution in [3.63, 3.8) is 0 Å². The lowest BCUT2D eigenvalue weighted by molar-refractivity contribution is -0.384. The van der Waals surface area contributed by atoms with Gasteiger partial charge in [0.1, 0.15) is 5.69 Å². The van der Waals surface area contributed by atoms with E-state index in [1.165, 1.54) is 0 Å². The Morgan fingerprint density at radius 3 is 2.50 bits per heavy atom. The summed E-state index contributed by atoms with van der Waals surface area (Å²) >= 11 is 0. The molecule has 1 aromatic carbocycles. The first-order valence-electron chi connectivity index (χ1n) is 10.6. The number of ether oxygens (including phenoxy) is 1. The fraction of sp³-hybridized carbons (Fsp3) is 0.667. The molecule has 2 aromatic rings. The fourth-order valence-electron chi connectivity index (χ4n) is 3.67. The first kappa shape index (κ1) is 22.7. The van der Waals surface area contributed by atoms with E-state index in [2.05, 4.69) is 43.9 Å². The molecule has 1 aromatic heterocycles. The molecule has 1 fully saturated rings. The van der Waals surface area contributed by atoms with Crippen molar-refractivity contribution in [1.29, 1.82) is 0 Å². The summed E-state index contributed by atoms with van der Waals surface area (Å²) in [7, 11) is -0.169. The van der Waals surface area contributed by atoms with Crippen LogP contribution in [-0.4, -0.2) is 55.9 Å². The third kappa shape index (κ3) is 4.68. The molecule has 30 heavy (non-hydrogen) atoms. The zero-order chi connectivity index (χ0) is 22.1. The smallest absolute Gasteiger partial charge is 0.293 e. The first-order chi connectivity index (χ1) is 14.0. The molecule has 8 nitrogen and oxygen atoms in total. The molecular weight excluding hydrogens is 400 g/mol.